The van der Waals surface area contributed by atoms with E-state index in [9.17, 15) is 0 Å². The molecular formula is C14H17N. The van der Waals surface area contributed by atoms with Crippen LogP contribution in [0.1, 0.15) is 25.1 Å². The highest BCUT2D eigenvalue weighted by molar-refractivity contribution is 5.21. The summed E-state index contributed by atoms with van der Waals surface area (Å²) in [4.78, 5) is 4.27. The predicted octanol–water partition coefficient (Wildman–Crippen LogP) is 3.70. The first-order valence-corrected chi connectivity index (χ1v) is 5.39. The molecule has 2 aromatic rings. The number of hydrogen-bond acceptors (Lipinski definition) is 1. The second-order valence-corrected chi connectivity index (χ2v) is 2.98. The Morgan fingerprint density at radius 3 is 2.13 bits per heavy atom. The van der Waals surface area contributed by atoms with Gasteiger partial charge < -0.3 is 0 Å². The Labute approximate surface area is 91.8 Å². The van der Waals surface area contributed by atoms with E-state index in [0.717, 1.165) is 12.1 Å². The number of benzene rings is 1. The van der Waals surface area contributed by atoms with Crippen LogP contribution in [0.25, 0.3) is 0 Å². The number of hydrogen-bond donors (Lipinski definition) is 0. The summed E-state index contributed by atoms with van der Waals surface area (Å²) in [5, 5.41) is 0. The first kappa shape index (κ1) is 11.4. The van der Waals surface area contributed by atoms with Crippen molar-refractivity contribution in [1.29, 1.82) is 0 Å². The van der Waals surface area contributed by atoms with Crippen LogP contribution in [0.4, 0.5) is 0 Å². The largest absolute Gasteiger partial charge is 0.261 e. The first-order valence-electron chi connectivity index (χ1n) is 5.39. The van der Waals surface area contributed by atoms with Gasteiger partial charge in [0.2, 0.25) is 0 Å². The van der Waals surface area contributed by atoms with Crippen LogP contribution in [0, 0.1) is 0 Å². The molecule has 15 heavy (non-hydrogen) atoms. The van der Waals surface area contributed by atoms with E-state index in [4.69, 9.17) is 0 Å². The lowest BCUT2D eigenvalue weighted by atomic mass is 10.1. The Morgan fingerprint density at radius 1 is 0.867 bits per heavy atom. The quantitative estimate of drug-likeness (QED) is 0.718. The fraction of sp³-hybridized carbons (Fsp3) is 0.214. The zero-order chi connectivity index (χ0) is 10.9. The number of pyridine rings is 1. The highest BCUT2D eigenvalue weighted by atomic mass is 14.7. The number of aromatic nitrogens is 1. The van der Waals surface area contributed by atoms with Gasteiger partial charge in [-0.1, -0.05) is 50.2 Å². The molecule has 1 aromatic heterocycles. The zero-order valence-electron chi connectivity index (χ0n) is 9.35. The molecule has 0 aliphatic rings. The molecule has 0 bridgehead atoms. The molecule has 1 nitrogen and oxygen atoms in total. The summed E-state index contributed by atoms with van der Waals surface area (Å²) < 4.78 is 0. The minimum Gasteiger partial charge on any atom is -0.261 e. The van der Waals surface area contributed by atoms with Gasteiger partial charge in [0, 0.05) is 18.3 Å². The lowest BCUT2D eigenvalue weighted by molar-refractivity contribution is 1.07. The van der Waals surface area contributed by atoms with E-state index in [1.807, 2.05) is 44.3 Å². The van der Waals surface area contributed by atoms with Crippen LogP contribution in [-0.4, -0.2) is 4.98 Å². The van der Waals surface area contributed by atoms with Gasteiger partial charge in [-0.2, -0.15) is 0 Å². The molecule has 0 spiro atoms. The lowest BCUT2D eigenvalue weighted by Gasteiger charge is -1.99. The molecule has 0 radical (unpaired) electrons. The number of rotatable bonds is 2. The van der Waals surface area contributed by atoms with Gasteiger partial charge in [0.25, 0.3) is 0 Å². The van der Waals surface area contributed by atoms with Crippen LogP contribution in [0.3, 0.4) is 0 Å². The fourth-order valence-electron chi connectivity index (χ4n) is 1.31. The van der Waals surface area contributed by atoms with Gasteiger partial charge in [-0.25, -0.2) is 0 Å². The Morgan fingerprint density at radius 2 is 1.53 bits per heavy atom. The average molecular weight is 199 g/mol. The number of nitrogens with zero attached hydrogens (tertiary/aromatic N) is 1. The molecule has 0 atom stereocenters. The van der Waals surface area contributed by atoms with E-state index < -0.39 is 0 Å². The third kappa shape index (κ3) is 3.94. The van der Waals surface area contributed by atoms with Crippen molar-refractivity contribution in [3.8, 4) is 0 Å². The van der Waals surface area contributed by atoms with Crippen LogP contribution >= 0.6 is 0 Å². The van der Waals surface area contributed by atoms with Gasteiger partial charge in [0.1, 0.15) is 0 Å². The molecule has 2 rings (SSSR count). The van der Waals surface area contributed by atoms with Crippen molar-refractivity contribution in [2.75, 3.05) is 0 Å². The topological polar surface area (TPSA) is 12.9 Å². The lowest BCUT2D eigenvalue weighted by Crippen LogP contribution is -1.89. The van der Waals surface area contributed by atoms with Crippen LogP contribution < -0.4 is 0 Å². The second-order valence-electron chi connectivity index (χ2n) is 2.98. The van der Waals surface area contributed by atoms with Gasteiger partial charge >= 0.3 is 0 Å². The molecule has 0 saturated carbocycles. The van der Waals surface area contributed by atoms with E-state index in [1.54, 1.807) is 0 Å². The van der Waals surface area contributed by atoms with Crippen molar-refractivity contribution in [3.63, 3.8) is 0 Å². The van der Waals surface area contributed by atoms with Crippen molar-refractivity contribution in [2.24, 2.45) is 0 Å². The Balaban J connectivity index is 0.000000531. The van der Waals surface area contributed by atoms with Crippen LogP contribution in [0.15, 0.2) is 54.7 Å². The minimum absolute atomic E-state index is 0.918. The maximum atomic E-state index is 4.27. The van der Waals surface area contributed by atoms with Gasteiger partial charge in [0.05, 0.1) is 0 Å². The van der Waals surface area contributed by atoms with Crippen LogP contribution in [0.2, 0.25) is 0 Å². The van der Waals surface area contributed by atoms with E-state index in [-0.39, 0.29) is 0 Å². The Bertz CT molecular complexity index is 316. The molecule has 0 unspecified atom stereocenters. The smallest absolute Gasteiger partial charge is 0.0447 e. The van der Waals surface area contributed by atoms with Crippen molar-refractivity contribution >= 4 is 0 Å². The third-order valence-electron chi connectivity index (χ3n) is 1.95. The van der Waals surface area contributed by atoms with Gasteiger partial charge in [-0.05, 0) is 17.7 Å². The summed E-state index contributed by atoms with van der Waals surface area (Å²) in [6, 6.07) is 16.4. The highest BCUT2D eigenvalue weighted by Crippen LogP contribution is 2.05. The molecule has 1 aromatic carbocycles. The normalized spacial score (nSPS) is 8.93. The van der Waals surface area contributed by atoms with E-state index >= 15 is 0 Å². The average Bonchev–Trinajstić information content (AvgIpc) is 2.34. The second kappa shape index (κ2) is 6.77. The Hall–Kier alpha value is -1.63. The van der Waals surface area contributed by atoms with Crippen molar-refractivity contribution < 1.29 is 0 Å². The Kier molecular flexibility index (Phi) is 5.16. The molecule has 0 N–H and O–H groups in total. The molecule has 0 saturated heterocycles. The third-order valence-corrected chi connectivity index (χ3v) is 1.95. The molecule has 0 aliphatic carbocycles. The van der Waals surface area contributed by atoms with Gasteiger partial charge in [-0.15, -0.1) is 0 Å². The molecule has 78 valence electrons. The van der Waals surface area contributed by atoms with Crippen molar-refractivity contribution in [3.05, 3.63) is 66.0 Å². The zero-order valence-corrected chi connectivity index (χ0v) is 9.35. The van der Waals surface area contributed by atoms with E-state index in [0.29, 0.717) is 0 Å². The molecule has 1 heteroatoms. The molecule has 0 amide bonds. The summed E-state index contributed by atoms with van der Waals surface area (Å²) in [6.07, 6.45) is 2.75. The molecule has 1 heterocycles. The summed E-state index contributed by atoms with van der Waals surface area (Å²) in [6.45, 7) is 4.00. The molecule has 0 fully saturated rings. The summed E-state index contributed by atoms with van der Waals surface area (Å²) in [7, 11) is 0. The summed E-state index contributed by atoms with van der Waals surface area (Å²) >= 11 is 0. The van der Waals surface area contributed by atoms with Crippen molar-refractivity contribution in [2.45, 2.75) is 20.3 Å². The van der Waals surface area contributed by atoms with Crippen molar-refractivity contribution in [1.82, 2.24) is 4.98 Å². The SMILES string of the molecule is CC.c1ccc(Cc2ccccn2)cc1. The predicted molar refractivity (Wildman–Crippen MR) is 64.8 cm³/mol. The fourth-order valence-corrected chi connectivity index (χ4v) is 1.31. The van der Waals surface area contributed by atoms with Gasteiger partial charge in [0.15, 0.2) is 0 Å². The summed E-state index contributed by atoms with van der Waals surface area (Å²) in [5.41, 5.74) is 2.43. The summed E-state index contributed by atoms with van der Waals surface area (Å²) in [5.74, 6) is 0. The maximum Gasteiger partial charge on any atom is 0.0447 e. The monoisotopic (exact) mass is 199 g/mol. The van der Waals surface area contributed by atoms with Crippen LogP contribution in [-0.2, 0) is 6.42 Å². The maximum absolute atomic E-state index is 4.27. The standard InChI is InChI=1S/C12H11N.C2H6/c1-2-6-11(7-3-1)10-12-8-4-5-9-13-12;1-2/h1-9H,10H2;1-2H3. The van der Waals surface area contributed by atoms with Crippen LogP contribution in [0.5, 0.6) is 0 Å². The molecule has 0 aliphatic heterocycles. The highest BCUT2D eigenvalue weighted by Gasteiger charge is 1.94. The molecular weight excluding hydrogens is 182 g/mol. The van der Waals surface area contributed by atoms with Gasteiger partial charge in [-0.3, -0.25) is 4.98 Å². The van der Waals surface area contributed by atoms with E-state index in [1.165, 1.54) is 5.56 Å². The van der Waals surface area contributed by atoms with E-state index in [2.05, 4.69) is 29.2 Å². The first-order chi connectivity index (χ1) is 7.45. The minimum atomic E-state index is 0.918.